The summed E-state index contributed by atoms with van der Waals surface area (Å²) in [5, 5.41) is 8.20. The number of urea groups is 1. The van der Waals surface area contributed by atoms with Crippen molar-refractivity contribution in [2.45, 2.75) is 81.8 Å². The van der Waals surface area contributed by atoms with E-state index in [1.54, 1.807) is 6.07 Å². The van der Waals surface area contributed by atoms with Crippen molar-refractivity contribution in [2.24, 2.45) is 0 Å². The topological polar surface area (TPSA) is 196 Å². The molecule has 0 radical (unpaired) electrons. The van der Waals surface area contributed by atoms with Gasteiger partial charge in [0, 0.05) is 63.8 Å². The number of anilines is 1. The van der Waals surface area contributed by atoms with E-state index in [4.69, 9.17) is 20.6 Å². The van der Waals surface area contributed by atoms with E-state index in [2.05, 4.69) is 34.6 Å². The number of carbonyl (C=O) groups is 5. The molecule has 0 spiro atoms. The zero-order chi connectivity index (χ0) is 48.6. The lowest BCUT2D eigenvalue weighted by Gasteiger charge is -2.44. The van der Waals surface area contributed by atoms with Crippen LogP contribution in [0.25, 0.3) is 22.3 Å². The Balaban J connectivity index is 0.611. The number of amides is 6. The van der Waals surface area contributed by atoms with Crippen molar-refractivity contribution in [2.75, 3.05) is 84.3 Å². The number of nitrogens with one attached hydrogen (secondary N) is 1. The fourth-order valence-electron chi connectivity index (χ4n) is 11.8. The van der Waals surface area contributed by atoms with Gasteiger partial charge in [0.05, 0.1) is 22.6 Å². The third-order valence-corrected chi connectivity index (χ3v) is 15.8. The molecule has 18 nitrogen and oxygen atoms in total. The van der Waals surface area contributed by atoms with Crippen molar-refractivity contribution < 1.29 is 28.7 Å². The molecule has 8 heterocycles. The highest BCUT2D eigenvalue weighted by Gasteiger charge is 2.45. The van der Waals surface area contributed by atoms with E-state index >= 15 is 0 Å². The van der Waals surface area contributed by atoms with Crippen LogP contribution >= 0.6 is 0 Å². The minimum atomic E-state index is -0.960. The highest BCUT2D eigenvalue weighted by atomic mass is 16.5. The first-order chi connectivity index (χ1) is 34.6. The molecule has 2 atom stereocenters. The van der Waals surface area contributed by atoms with Crippen molar-refractivity contribution in [1.82, 2.24) is 54.5 Å². The Bertz CT molecular complexity index is 2800. The molecule has 6 aliphatic rings. The fourth-order valence-corrected chi connectivity index (χ4v) is 11.8. The first-order valence-corrected chi connectivity index (χ1v) is 25.6. The molecular formula is C53H62N12O6. The van der Waals surface area contributed by atoms with E-state index in [0.717, 1.165) is 168 Å². The van der Waals surface area contributed by atoms with Gasteiger partial charge in [0.15, 0.2) is 5.65 Å². The lowest BCUT2D eigenvalue weighted by Crippen LogP contribution is -2.56. The summed E-state index contributed by atoms with van der Waals surface area (Å²) in [6.45, 7) is 10.6. The van der Waals surface area contributed by atoms with E-state index < -0.39 is 23.8 Å². The summed E-state index contributed by atoms with van der Waals surface area (Å²) >= 11 is 0. The number of para-hydroxylation sites is 1. The molecule has 3 aromatic carbocycles. The van der Waals surface area contributed by atoms with Gasteiger partial charge in [-0.25, -0.2) is 19.4 Å². The largest absolute Gasteiger partial charge is 0.457 e. The minimum absolute atomic E-state index is 0.1000. The Kier molecular flexibility index (Phi) is 13.2. The third kappa shape index (κ3) is 9.59. The molecule has 2 aromatic heterocycles. The van der Waals surface area contributed by atoms with Gasteiger partial charge < -0.3 is 25.2 Å². The predicted octanol–water partition coefficient (Wildman–Crippen LogP) is 5.38. The van der Waals surface area contributed by atoms with Gasteiger partial charge in [0.1, 0.15) is 35.4 Å². The maximum atomic E-state index is 13.8. The number of ether oxygens (including phenoxy) is 1. The van der Waals surface area contributed by atoms with Crippen LogP contribution in [0.2, 0.25) is 0 Å². The SMILES string of the molecule is Nc1ncnc2c1c(-c1ccc(Oc3ccccc3)cc1)nn2C1CCCN(C2CCN(C(=O)N3CCN(CCCN4CCC(c5ccc6c(c5)C(=O)N(C5CCC(=O)NC5=O)C6=O)CC4)CC3)CC2)C1. The number of piperidine rings is 4. The number of piperazine rings is 1. The number of hydrogen-bond acceptors (Lipinski definition) is 13. The van der Waals surface area contributed by atoms with Crippen LogP contribution in [0.3, 0.4) is 0 Å². The second-order valence-electron chi connectivity index (χ2n) is 20.0. The van der Waals surface area contributed by atoms with Crippen LogP contribution in [-0.2, 0) is 9.59 Å². The van der Waals surface area contributed by atoms with Crippen LogP contribution in [0.4, 0.5) is 10.6 Å². The number of rotatable bonds is 11. The molecular weight excluding hydrogens is 901 g/mol. The Morgan fingerprint density at radius 3 is 2.15 bits per heavy atom. The monoisotopic (exact) mass is 962 g/mol. The van der Waals surface area contributed by atoms with Crippen molar-refractivity contribution in [3.63, 3.8) is 0 Å². The molecule has 71 heavy (non-hydrogen) atoms. The average Bonchev–Trinajstić information content (AvgIpc) is 3.92. The van der Waals surface area contributed by atoms with E-state index in [1.165, 1.54) is 6.33 Å². The maximum absolute atomic E-state index is 13.8. The molecule has 0 saturated carbocycles. The summed E-state index contributed by atoms with van der Waals surface area (Å²) in [6, 6.07) is 22.9. The number of hydrogen-bond donors (Lipinski definition) is 2. The lowest BCUT2D eigenvalue weighted by atomic mass is 9.88. The Morgan fingerprint density at radius 1 is 0.704 bits per heavy atom. The van der Waals surface area contributed by atoms with Gasteiger partial charge >= 0.3 is 6.03 Å². The fraction of sp³-hybridized carbons (Fsp3) is 0.472. The van der Waals surface area contributed by atoms with E-state index in [1.807, 2.05) is 71.6 Å². The van der Waals surface area contributed by atoms with Crippen molar-refractivity contribution >= 4 is 46.5 Å². The molecule has 0 aliphatic carbocycles. The normalized spacial score (nSPS) is 22.3. The van der Waals surface area contributed by atoms with Crippen LogP contribution in [0.5, 0.6) is 11.5 Å². The zero-order valence-electron chi connectivity index (χ0n) is 40.2. The van der Waals surface area contributed by atoms with Crippen LogP contribution in [0.15, 0.2) is 79.1 Å². The number of nitrogens with zero attached hydrogens (tertiary/aromatic N) is 10. The second-order valence-corrected chi connectivity index (χ2v) is 20.0. The van der Waals surface area contributed by atoms with Gasteiger partial charge in [-0.3, -0.25) is 39.2 Å². The molecule has 5 saturated heterocycles. The van der Waals surface area contributed by atoms with Crippen LogP contribution < -0.4 is 15.8 Å². The van der Waals surface area contributed by atoms with Gasteiger partial charge in [-0.05, 0) is 144 Å². The first kappa shape index (κ1) is 46.6. The zero-order valence-corrected chi connectivity index (χ0v) is 40.2. The molecule has 3 N–H and O–H groups in total. The Morgan fingerprint density at radius 2 is 1.41 bits per heavy atom. The summed E-state index contributed by atoms with van der Waals surface area (Å²) in [5.74, 6) is 0.310. The molecule has 370 valence electrons. The van der Waals surface area contributed by atoms with Crippen molar-refractivity contribution in [3.05, 3.63) is 95.8 Å². The molecule has 5 fully saturated rings. The van der Waals surface area contributed by atoms with Gasteiger partial charge in [0.25, 0.3) is 11.8 Å². The Labute approximate surface area is 413 Å². The lowest BCUT2D eigenvalue weighted by molar-refractivity contribution is -0.136. The molecule has 6 aliphatic heterocycles. The van der Waals surface area contributed by atoms with Gasteiger partial charge in [-0.2, -0.15) is 5.10 Å². The third-order valence-electron chi connectivity index (χ3n) is 15.8. The quantitative estimate of drug-likeness (QED) is 0.161. The first-order valence-electron chi connectivity index (χ1n) is 25.6. The number of nitrogens with two attached hydrogens (primary N) is 1. The van der Waals surface area contributed by atoms with Gasteiger partial charge in [-0.1, -0.05) is 24.3 Å². The number of carbonyl (C=O) groups excluding carboxylic acids is 5. The molecule has 18 heteroatoms. The van der Waals surface area contributed by atoms with Crippen molar-refractivity contribution in [3.8, 4) is 22.8 Å². The average molecular weight is 963 g/mol. The van der Waals surface area contributed by atoms with Crippen LogP contribution in [0, 0.1) is 0 Å². The molecule has 2 unspecified atom stereocenters. The summed E-state index contributed by atoms with van der Waals surface area (Å²) in [7, 11) is 0. The molecule has 0 bridgehead atoms. The smallest absolute Gasteiger partial charge is 0.320 e. The Hall–Kier alpha value is -6.76. The van der Waals surface area contributed by atoms with Gasteiger partial charge in [0.2, 0.25) is 11.8 Å². The highest BCUT2D eigenvalue weighted by Crippen LogP contribution is 2.37. The summed E-state index contributed by atoms with van der Waals surface area (Å²) in [6.07, 6.45) is 8.71. The number of likely N-dealkylation sites (tertiary alicyclic amines) is 3. The number of imide groups is 2. The number of fused-ring (bicyclic) bond motifs is 2. The second kappa shape index (κ2) is 20.2. The highest BCUT2D eigenvalue weighted by molar-refractivity contribution is 6.23. The maximum Gasteiger partial charge on any atom is 0.320 e. The van der Waals surface area contributed by atoms with Crippen LogP contribution in [-0.4, -0.2) is 169 Å². The molecule has 11 rings (SSSR count). The number of benzene rings is 3. The summed E-state index contributed by atoms with van der Waals surface area (Å²) < 4.78 is 8.11. The van der Waals surface area contributed by atoms with E-state index in [0.29, 0.717) is 23.0 Å². The van der Waals surface area contributed by atoms with Crippen LogP contribution in [0.1, 0.15) is 96.0 Å². The summed E-state index contributed by atoms with van der Waals surface area (Å²) in [5.41, 5.74) is 10.7. The van der Waals surface area contributed by atoms with E-state index in [9.17, 15) is 24.0 Å². The number of aromatic nitrogens is 4. The molecule has 6 amide bonds. The standard InChI is InChI=1S/C53H62N12O6/c54-48-46-47(36-9-12-41(13-10-36)71-40-7-2-1-3-8-40)58-65(49(46)56-34-55-48)39-6-4-23-63(33-39)38-19-26-61(27-20-38)53(70)62-30-28-60(29-31-62)22-5-21-59-24-17-35(18-25-59)37-11-14-42-43(32-37)52(69)64(51(42)68)44-15-16-45(66)57-50(44)67/h1-3,7-14,32,34-35,38-39,44H,4-6,15-31,33H2,(H2,54,55,56)(H,57,66,67). The van der Waals surface area contributed by atoms with E-state index in [-0.39, 0.29) is 36.7 Å². The number of nitrogen functional groups attached to an aromatic ring is 1. The minimum Gasteiger partial charge on any atom is -0.457 e. The molecule has 5 aromatic rings. The van der Waals surface area contributed by atoms with Gasteiger partial charge in [-0.15, -0.1) is 0 Å². The van der Waals surface area contributed by atoms with Crippen molar-refractivity contribution in [1.29, 1.82) is 0 Å². The predicted molar refractivity (Wildman–Crippen MR) is 266 cm³/mol. The summed E-state index contributed by atoms with van der Waals surface area (Å²) in [4.78, 5) is 86.3.